The molecule has 2 aromatic rings. The Morgan fingerprint density at radius 2 is 1.85 bits per heavy atom. The third-order valence-corrected chi connectivity index (χ3v) is 5.94. The summed E-state index contributed by atoms with van der Waals surface area (Å²) in [5.74, 6) is 0.161. The summed E-state index contributed by atoms with van der Waals surface area (Å²) in [6, 6.07) is 9.30. The van der Waals surface area contributed by atoms with Crippen LogP contribution in [0.5, 0.6) is 0 Å². The third-order valence-electron chi connectivity index (χ3n) is 5.51. The van der Waals surface area contributed by atoms with Crippen LogP contribution in [0, 0.1) is 12.8 Å². The average molecular weight is 488 g/mol. The molecule has 1 saturated heterocycles. The van der Waals surface area contributed by atoms with E-state index in [1.807, 2.05) is 19.2 Å². The number of halogens is 2. The van der Waals surface area contributed by atoms with Crippen molar-refractivity contribution in [1.29, 1.82) is 0 Å². The average Bonchev–Trinajstić information content (AvgIpc) is 2.79. The highest BCUT2D eigenvalue weighted by molar-refractivity contribution is 6.34. The van der Waals surface area contributed by atoms with Gasteiger partial charge in [-0.3, -0.25) is 9.88 Å². The normalized spacial score (nSPS) is 14.8. The third kappa shape index (κ3) is 8.40. The van der Waals surface area contributed by atoms with Crippen molar-refractivity contribution in [2.75, 3.05) is 33.8 Å². The summed E-state index contributed by atoms with van der Waals surface area (Å²) in [4.78, 5) is 20.6. The minimum atomic E-state index is -0.346. The second kappa shape index (κ2) is 13.3. The Morgan fingerprint density at radius 3 is 2.45 bits per heavy atom. The van der Waals surface area contributed by atoms with Gasteiger partial charge in [-0.25, -0.2) is 4.79 Å². The number of ether oxygens (including phenoxy) is 1. The number of aromatic nitrogens is 1. The van der Waals surface area contributed by atoms with Crippen molar-refractivity contribution in [1.82, 2.24) is 14.8 Å². The number of likely N-dealkylation sites (tertiary alicyclic amines) is 1. The summed E-state index contributed by atoms with van der Waals surface area (Å²) in [6.07, 6.45) is 14.0. The molecular formula is C26H31Cl2N3O2. The zero-order valence-electron chi connectivity index (χ0n) is 19.4. The number of benzene rings is 1. The van der Waals surface area contributed by atoms with Gasteiger partial charge in [-0.2, -0.15) is 0 Å². The fraction of sp³-hybridized carbons (Fsp3) is 0.385. The van der Waals surface area contributed by atoms with Crippen molar-refractivity contribution in [3.05, 3.63) is 75.2 Å². The molecule has 0 radical (unpaired) electrons. The van der Waals surface area contributed by atoms with Crippen molar-refractivity contribution in [2.24, 2.45) is 0 Å². The molecule has 0 saturated carbocycles. The van der Waals surface area contributed by atoms with E-state index >= 15 is 0 Å². The first kappa shape index (κ1) is 26.7. The van der Waals surface area contributed by atoms with Gasteiger partial charge in [0.05, 0.1) is 24.9 Å². The molecule has 0 bridgehead atoms. The lowest BCUT2D eigenvalue weighted by molar-refractivity contribution is 0.0600. The Morgan fingerprint density at radius 1 is 1.21 bits per heavy atom. The number of hydrogen-bond donors (Lipinski definition) is 0. The largest absolute Gasteiger partial charge is 0.465 e. The minimum Gasteiger partial charge on any atom is -0.465 e. The minimum absolute atomic E-state index is 0.346. The summed E-state index contributed by atoms with van der Waals surface area (Å²) in [7, 11) is 3.40. The number of nitrogens with zero attached hydrogens (tertiary/aromatic N) is 3. The molecule has 0 N–H and O–H groups in total. The van der Waals surface area contributed by atoms with Crippen molar-refractivity contribution >= 4 is 29.2 Å². The first-order valence-electron chi connectivity index (χ1n) is 10.8. The van der Waals surface area contributed by atoms with Crippen LogP contribution in [0.3, 0.4) is 0 Å². The lowest BCUT2D eigenvalue weighted by atomic mass is 9.89. The highest BCUT2D eigenvalue weighted by Crippen LogP contribution is 2.32. The molecule has 5 nitrogen and oxygen atoms in total. The Hall–Kier alpha value is -2.52. The van der Waals surface area contributed by atoms with Gasteiger partial charge in [0.25, 0.3) is 0 Å². The molecule has 1 aliphatic heterocycles. The van der Waals surface area contributed by atoms with E-state index in [0.717, 1.165) is 38.2 Å². The zero-order chi connectivity index (χ0) is 24.4. The Balaban J connectivity index is 0.00000187. The lowest BCUT2D eigenvalue weighted by Crippen LogP contribution is -2.34. The second-order valence-corrected chi connectivity index (χ2v) is 9.04. The fourth-order valence-corrected chi connectivity index (χ4v) is 4.66. The van der Waals surface area contributed by atoms with Crippen LogP contribution in [-0.2, 0) is 11.3 Å². The highest BCUT2D eigenvalue weighted by Gasteiger charge is 2.21. The maximum Gasteiger partial charge on any atom is 0.337 e. The molecule has 0 atom stereocenters. The number of hydrogen-bond acceptors (Lipinski definition) is 5. The monoisotopic (exact) mass is 487 g/mol. The maximum absolute atomic E-state index is 11.7. The van der Waals surface area contributed by atoms with Crippen LogP contribution < -0.4 is 0 Å². The molecule has 1 aromatic carbocycles. The number of carbonyl (C=O) groups excluding carboxylic acids is 1. The van der Waals surface area contributed by atoms with Gasteiger partial charge in [0.2, 0.25) is 0 Å². The molecular weight excluding hydrogens is 457 g/mol. The molecule has 0 amide bonds. The standard InChI is InChI=1S/C24H29Cl2N3O2.C2H2/c1-17(14-28(2)16-23-12-19(4-7-27-23)24(30)31-3)15-29-8-5-18(6-9-29)20-10-21(25)13-22(26)11-20;1-2/h4,7,10-14,18H,5-6,8-9,15-16H2,1-3H3;1-2H/b17-14+;. The molecule has 2 heterocycles. The molecule has 3 rings (SSSR count). The predicted octanol–water partition coefficient (Wildman–Crippen LogP) is 5.64. The smallest absolute Gasteiger partial charge is 0.337 e. The van der Waals surface area contributed by atoms with E-state index in [-0.39, 0.29) is 5.97 Å². The van der Waals surface area contributed by atoms with Crippen molar-refractivity contribution in [3.8, 4) is 12.8 Å². The number of carbonyl (C=O) groups is 1. The highest BCUT2D eigenvalue weighted by atomic mass is 35.5. The molecule has 1 aliphatic rings. The second-order valence-electron chi connectivity index (χ2n) is 8.17. The molecule has 7 heteroatoms. The van der Waals surface area contributed by atoms with E-state index in [1.165, 1.54) is 18.2 Å². The van der Waals surface area contributed by atoms with Crippen LogP contribution in [0.4, 0.5) is 0 Å². The summed E-state index contributed by atoms with van der Waals surface area (Å²) in [6.45, 7) is 5.80. The Kier molecular flexibility index (Phi) is 10.7. The van der Waals surface area contributed by atoms with Gasteiger partial charge in [-0.15, -0.1) is 12.8 Å². The predicted molar refractivity (Wildman–Crippen MR) is 136 cm³/mol. The van der Waals surface area contributed by atoms with Gasteiger partial charge in [0.1, 0.15) is 0 Å². The van der Waals surface area contributed by atoms with Crippen LogP contribution in [-0.4, -0.2) is 54.5 Å². The van der Waals surface area contributed by atoms with Gasteiger partial charge in [-0.05, 0) is 86.4 Å². The zero-order valence-corrected chi connectivity index (χ0v) is 20.9. The summed E-state index contributed by atoms with van der Waals surface area (Å²) in [5, 5.41) is 1.41. The Labute approximate surface area is 207 Å². The lowest BCUT2D eigenvalue weighted by Gasteiger charge is -2.32. The maximum atomic E-state index is 11.7. The molecule has 33 heavy (non-hydrogen) atoms. The summed E-state index contributed by atoms with van der Waals surface area (Å²) in [5.41, 5.74) is 3.88. The Bertz CT molecular complexity index is 962. The van der Waals surface area contributed by atoms with Crippen LogP contribution in [0.15, 0.2) is 48.3 Å². The molecule has 0 unspecified atom stereocenters. The molecule has 176 valence electrons. The SMILES string of the molecule is C#C.COC(=O)c1ccnc(CN(C)/C=C(\C)CN2CCC(c3cc(Cl)cc(Cl)c3)CC2)c1. The van der Waals surface area contributed by atoms with Gasteiger partial charge < -0.3 is 9.64 Å². The number of pyridine rings is 1. The van der Waals surface area contributed by atoms with E-state index < -0.39 is 0 Å². The van der Waals surface area contributed by atoms with Gasteiger partial charge >= 0.3 is 5.97 Å². The molecule has 1 aromatic heterocycles. The van der Waals surface area contributed by atoms with Crippen LogP contribution in [0.1, 0.15) is 47.3 Å². The quantitative estimate of drug-likeness (QED) is 0.373. The topological polar surface area (TPSA) is 45.7 Å². The number of piperidine rings is 1. The summed E-state index contributed by atoms with van der Waals surface area (Å²) < 4.78 is 4.78. The first-order valence-corrected chi connectivity index (χ1v) is 11.5. The van der Waals surface area contributed by atoms with Crippen molar-refractivity contribution in [3.63, 3.8) is 0 Å². The van der Waals surface area contributed by atoms with Crippen molar-refractivity contribution in [2.45, 2.75) is 32.2 Å². The van der Waals surface area contributed by atoms with Crippen molar-refractivity contribution < 1.29 is 9.53 Å². The number of rotatable bonds is 7. The number of terminal acetylenes is 1. The van der Waals surface area contributed by atoms with Crippen LogP contribution >= 0.6 is 23.2 Å². The van der Waals surface area contributed by atoms with E-state index in [0.29, 0.717) is 28.1 Å². The van der Waals surface area contributed by atoms with Crippen LogP contribution in [0.25, 0.3) is 0 Å². The van der Waals surface area contributed by atoms with E-state index in [1.54, 1.807) is 24.4 Å². The summed E-state index contributed by atoms with van der Waals surface area (Å²) >= 11 is 12.3. The van der Waals surface area contributed by atoms with E-state index in [9.17, 15) is 4.79 Å². The molecule has 0 spiro atoms. The van der Waals surface area contributed by atoms with Gasteiger partial charge in [-0.1, -0.05) is 23.2 Å². The first-order chi connectivity index (χ1) is 15.8. The number of esters is 1. The molecule has 0 aliphatic carbocycles. The van der Waals surface area contributed by atoms with Gasteiger partial charge in [0.15, 0.2) is 0 Å². The van der Waals surface area contributed by atoms with Gasteiger partial charge in [0, 0.05) is 29.8 Å². The van der Waals surface area contributed by atoms with E-state index in [4.69, 9.17) is 27.9 Å². The van der Waals surface area contributed by atoms with E-state index in [2.05, 4.69) is 40.8 Å². The fourth-order valence-electron chi connectivity index (χ4n) is 4.12. The van der Waals surface area contributed by atoms with Crippen LogP contribution in [0.2, 0.25) is 10.0 Å². The number of methoxy groups -OCH3 is 1. The molecule has 1 fully saturated rings.